The first-order chi connectivity index (χ1) is 8.25. The molecule has 1 saturated carbocycles. The zero-order chi connectivity index (χ0) is 11.9. The molecule has 1 aromatic rings. The monoisotopic (exact) mass is 230 g/mol. The van der Waals surface area contributed by atoms with Crippen molar-refractivity contribution in [3.63, 3.8) is 0 Å². The van der Waals surface area contributed by atoms with Crippen molar-refractivity contribution in [2.45, 2.75) is 57.8 Å². The molecule has 1 fully saturated rings. The molecular formula is C16H22O. The normalized spacial score (nSPS) is 31.7. The number of phenolic OH excluding ortho intramolecular Hbond substituents is 1. The molecule has 0 heterocycles. The number of aromatic hydroxyl groups is 1. The molecule has 0 saturated heterocycles. The van der Waals surface area contributed by atoms with E-state index in [-0.39, 0.29) is 0 Å². The molecule has 1 heteroatoms. The first kappa shape index (κ1) is 11.1. The maximum absolute atomic E-state index is 9.61. The number of hydrogen-bond donors (Lipinski definition) is 1. The summed E-state index contributed by atoms with van der Waals surface area (Å²) >= 11 is 0. The average Bonchev–Trinajstić information content (AvgIpc) is 2.38. The second-order valence-electron chi connectivity index (χ2n) is 5.90. The van der Waals surface area contributed by atoms with Gasteiger partial charge in [0.15, 0.2) is 0 Å². The fraction of sp³-hybridized carbons (Fsp3) is 0.625. The summed E-state index contributed by atoms with van der Waals surface area (Å²) in [6.07, 6.45) is 9.36. The van der Waals surface area contributed by atoms with Gasteiger partial charge in [0.1, 0.15) is 5.75 Å². The Morgan fingerprint density at radius 2 is 2.18 bits per heavy atom. The van der Waals surface area contributed by atoms with Gasteiger partial charge in [0.2, 0.25) is 0 Å². The number of aryl methyl sites for hydroxylation is 1. The highest BCUT2D eigenvalue weighted by Gasteiger charge is 2.42. The van der Waals surface area contributed by atoms with E-state index in [9.17, 15) is 5.11 Å². The van der Waals surface area contributed by atoms with Crippen LogP contribution in [0.4, 0.5) is 0 Å². The topological polar surface area (TPSA) is 20.2 Å². The van der Waals surface area contributed by atoms with Crippen LogP contribution in [0, 0.1) is 5.41 Å². The number of hydrogen-bond acceptors (Lipinski definition) is 1. The molecular weight excluding hydrogens is 208 g/mol. The van der Waals surface area contributed by atoms with Crippen LogP contribution in [0.15, 0.2) is 18.2 Å². The quantitative estimate of drug-likeness (QED) is 0.758. The Morgan fingerprint density at radius 1 is 1.29 bits per heavy atom. The molecule has 0 spiro atoms. The second kappa shape index (κ2) is 4.04. The second-order valence-corrected chi connectivity index (χ2v) is 5.90. The molecule has 2 aliphatic carbocycles. The van der Waals surface area contributed by atoms with Gasteiger partial charge in [-0.2, -0.15) is 0 Å². The van der Waals surface area contributed by atoms with Gasteiger partial charge in [-0.05, 0) is 66.7 Å². The van der Waals surface area contributed by atoms with E-state index >= 15 is 0 Å². The van der Waals surface area contributed by atoms with Crippen LogP contribution in [-0.4, -0.2) is 5.11 Å². The zero-order valence-corrected chi connectivity index (χ0v) is 10.7. The van der Waals surface area contributed by atoms with E-state index in [2.05, 4.69) is 13.0 Å². The predicted octanol–water partition coefficient (Wildman–Crippen LogP) is 4.39. The summed E-state index contributed by atoms with van der Waals surface area (Å²) in [5.74, 6) is 1.19. The molecule has 0 bridgehead atoms. The molecule has 2 unspecified atom stereocenters. The van der Waals surface area contributed by atoms with E-state index < -0.39 is 0 Å². The van der Waals surface area contributed by atoms with Crippen LogP contribution in [-0.2, 0) is 6.42 Å². The fourth-order valence-electron chi connectivity index (χ4n) is 4.22. The lowest BCUT2D eigenvalue weighted by Crippen LogP contribution is -2.35. The smallest absolute Gasteiger partial charge is 0.115 e. The summed E-state index contributed by atoms with van der Waals surface area (Å²) in [4.78, 5) is 0. The Balaban J connectivity index is 2.04. The van der Waals surface area contributed by atoms with E-state index in [1.54, 1.807) is 0 Å². The third-order valence-corrected chi connectivity index (χ3v) is 5.25. The van der Waals surface area contributed by atoms with Crippen LogP contribution < -0.4 is 0 Å². The Morgan fingerprint density at radius 3 is 3.00 bits per heavy atom. The Hall–Kier alpha value is -0.980. The molecule has 0 radical (unpaired) electrons. The summed E-state index contributed by atoms with van der Waals surface area (Å²) < 4.78 is 0. The third-order valence-electron chi connectivity index (χ3n) is 5.25. The van der Waals surface area contributed by atoms with E-state index in [0.29, 0.717) is 11.2 Å². The van der Waals surface area contributed by atoms with Gasteiger partial charge in [0.05, 0.1) is 0 Å². The third kappa shape index (κ3) is 1.67. The highest BCUT2D eigenvalue weighted by molar-refractivity contribution is 5.40. The number of fused-ring (bicyclic) bond motifs is 3. The molecule has 3 rings (SSSR count). The Kier molecular flexibility index (Phi) is 2.65. The fourth-order valence-corrected chi connectivity index (χ4v) is 4.22. The van der Waals surface area contributed by atoms with Gasteiger partial charge >= 0.3 is 0 Å². The van der Waals surface area contributed by atoms with Crippen LogP contribution in [0.3, 0.4) is 0 Å². The van der Waals surface area contributed by atoms with Crippen LogP contribution in [0.1, 0.15) is 62.5 Å². The predicted molar refractivity (Wildman–Crippen MR) is 70.4 cm³/mol. The van der Waals surface area contributed by atoms with Gasteiger partial charge < -0.3 is 5.11 Å². The van der Waals surface area contributed by atoms with E-state index in [1.165, 1.54) is 49.7 Å². The molecule has 1 nitrogen and oxygen atoms in total. The molecule has 0 aromatic heterocycles. The van der Waals surface area contributed by atoms with Gasteiger partial charge in [-0.1, -0.05) is 25.8 Å². The number of phenols is 1. The largest absolute Gasteiger partial charge is 0.508 e. The van der Waals surface area contributed by atoms with Crippen LogP contribution in [0.2, 0.25) is 0 Å². The summed E-state index contributed by atoms with van der Waals surface area (Å²) in [6, 6.07) is 6.05. The maximum Gasteiger partial charge on any atom is 0.115 e. The van der Waals surface area contributed by atoms with E-state index in [1.807, 2.05) is 12.1 Å². The van der Waals surface area contributed by atoms with Crippen LogP contribution in [0.5, 0.6) is 5.75 Å². The van der Waals surface area contributed by atoms with Crippen molar-refractivity contribution < 1.29 is 5.11 Å². The SMILES string of the molecule is CCC12CCCCC1c1ccc(O)cc1CC2. The zero-order valence-electron chi connectivity index (χ0n) is 10.7. The van der Waals surface area contributed by atoms with E-state index in [4.69, 9.17) is 0 Å². The molecule has 92 valence electrons. The van der Waals surface area contributed by atoms with Gasteiger partial charge in [-0.15, -0.1) is 0 Å². The molecule has 2 atom stereocenters. The average molecular weight is 230 g/mol. The number of rotatable bonds is 1. The van der Waals surface area contributed by atoms with E-state index in [0.717, 1.165) is 12.3 Å². The minimum absolute atomic E-state index is 0.434. The van der Waals surface area contributed by atoms with Crippen LogP contribution >= 0.6 is 0 Å². The summed E-state index contributed by atoms with van der Waals surface area (Å²) in [6.45, 7) is 2.36. The first-order valence-electron chi connectivity index (χ1n) is 7.07. The van der Waals surface area contributed by atoms with Crippen molar-refractivity contribution in [3.05, 3.63) is 29.3 Å². The molecule has 1 N–H and O–H groups in total. The van der Waals surface area contributed by atoms with Crippen molar-refractivity contribution in [2.75, 3.05) is 0 Å². The van der Waals surface area contributed by atoms with Crippen molar-refractivity contribution in [1.82, 2.24) is 0 Å². The Bertz CT molecular complexity index is 424. The summed E-state index contributed by atoms with van der Waals surface area (Å²) in [5.41, 5.74) is 3.51. The lowest BCUT2D eigenvalue weighted by molar-refractivity contribution is 0.118. The minimum atomic E-state index is 0.434. The van der Waals surface area contributed by atoms with Gasteiger partial charge in [-0.25, -0.2) is 0 Å². The molecule has 0 amide bonds. The van der Waals surface area contributed by atoms with Crippen molar-refractivity contribution in [3.8, 4) is 5.75 Å². The number of benzene rings is 1. The van der Waals surface area contributed by atoms with Crippen LogP contribution in [0.25, 0.3) is 0 Å². The standard InChI is InChI=1S/C16H22O/c1-2-16-9-4-3-5-15(16)14-7-6-13(17)11-12(14)8-10-16/h6-7,11,15,17H,2-5,8-10H2,1H3. The lowest BCUT2D eigenvalue weighted by Gasteiger charge is -2.48. The van der Waals surface area contributed by atoms with Crippen molar-refractivity contribution >= 4 is 0 Å². The van der Waals surface area contributed by atoms with Crippen molar-refractivity contribution in [1.29, 1.82) is 0 Å². The van der Waals surface area contributed by atoms with Gasteiger partial charge in [0, 0.05) is 0 Å². The molecule has 0 aliphatic heterocycles. The minimum Gasteiger partial charge on any atom is -0.508 e. The highest BCUT2D eigenvalue weighted by Crippen LogP contribution is 2.55. The molecule has 2 aliphatic rings. The molecule has 17 heavy (non-hydrogen) atoms. The Labute approximate surface area is 104 Å². The van der Waals surface area contributed by atoms with Crippen molar-refractivity contribution in [2.24, 2.45) is 5.41 Å². The van der Waals surface area contributed by atoms with Gasteiger partial charge in [-0.3, -0.25) is 0 Å². The summed E-state index contributed by atoms with van der Waals surface area (Å²) in [5, 5.41) is 9.61. The first-order valence-corrected chi connectivity index (χ1v) is 7.07. The highest BCUT2D eigenvalue weighted by atomic mass is 16.3. The molecule has 1 aromatic carbocycles. The van der Waals surface area contributed by atoms with Gasteiger partial charge in [0.25, 0.3) is 0 Å². The summed E-state index contributed by atoms with van der Waals surface area (Å²) in [7, 11) is 0. The lowest BCUT2D eigenvalue weighted by atomic mass is 9.57. The maximum atomic E-state index is 9.61.